The molecular weight excluding hydrogens is 280 g/mol. The van der Waals surface area contributed by atoms with Crippen LogP contribution in [0.15, 0.2) is 24.3 Å². The number of carbonyl (C=O) groups excluding carboxylic acids is 2. The number of aromatic amines is 1. The zero-order valence-corrected chi connectivity index (χ0v) is 12.0. The van der Waals surface area contributed by atoms with Crippen LogP contribution < -0.4 is 5.32 Å². The van der Waals surface area contributed by atoms with Gasteiger partial charge in [-0.25, -0.2) is 4.79 Å². The van der Waals surface area contributed by atoms with Gasteiger partial charge in [0.1, 0.15) is 11.2 Å². The lowest BCUT2D eigenvalue weighted by Crippen LogP contribution is -2.42. The Morgan fingerprint density at radius 2 is 2.10 bits per heavy atom. The Bertz CT molecular complexity index is 651. The first kappa shape index (κ1) is 14.4. The summed E-state index contributed by atoms with van der Waals surface area (Å²) in [6.45, 7) is 1.35. The Labute approximate surface area is 121 Å². The summed E-state index contributed by atoms with van der Waals surface area (Å²) >= 11 is 6.18. The van der Waals surface area contributed by atoms with Crippen molar-refractivity contribution in [1.82, 2.24) is 10.3 Å². The highest BCUT2D eigenvalue weighted by molar-refractivity contribution is 6.31. The lowest BCUT2D eigenvalue weighted by molar-refractivity contribution is -0.144. The standard InChI is InChI=1S/C14H15ClN2O3/c1-8(18)16-12(14(19)20-2)7-10-9-5-3-4-6-11(9)17-13(10)15/h3-6,12,17H,7H2,1-2H3,(H,16,18)/t12-/m1/s1. The first-order valence-electron chi connectivity index (χ1n) is 6.13. The van der Waals surface area contributed by atoms with Gasteiger partial charge in [-0.2, -0.15) is 0 Å². The van der Waals surface area contributed by atoms with Crippen molar-refractivity contribution in [3.8, 4) is 0 Å². The van der Waals surface area contributed by atoms with Crippen molar-refractivity contribution < 1.29 is 14.3 Å². The summed E-state index contributed by atoms with van der Waals surface area (Å²) in [5.74, 6) is -0.794. The largest absolute Gasteiger partial charge is 0.467 e. The van der Waals surface area contributed by atoms with Gasteiger partial charge in [0.2, 0.25) is 5.91 Å². The molecule has 0 aliphatic heterocycles. The second-order valence-electron chi connectivity index (χ2n) is 4.44. The molecule has 0 radical (unpaired) electrons. The van der Waals surface area contributed by atoms with E-state index in [2.05, 4.69) is 10.3 Å². The molecule has 5 nitrogen and oxygen atoms in total. The number of hydrogen-bond donors (Lipinski definition) is 2. The first-order valence-corrected chi connectivity index (χ1v) is 6.50. The number of halogens is 1. The molecule has 1 aromatic carbocycles. The average molecular weight is 295 g/mol. The molecule has 0 bridgehead atoms. The Morgan fingerprint density at radius 3 is 2.75 bits per heavy atom. The third kappa shape index (κ3) is 2.93. The summed E-state index contributed by atoms with van der Waals surface area (Å²) in [5.41, 5.74) is 1.67. The third-order valence-electron chi connectivity index (χ3n) is 3.03. The number of hydrogen-bond acceptors (Lipinski definition) is 3. The van der Waals surface area contributed by atoms with Gasteiger partial charge in [-0.3, -0.25) is 4.79 Å². The monoisotopic (exact) mass is 294 g/mol. The predicted molar refractivity (Wildman–Crippen MR) is 76.6 cm³/mol. The Hall–Kier alpha value is -2.01. The van der Waals surface area contributed by atoms with Gasteiger partial charge in [0, 0.05) is 24.2 Å². The van der Waals surface area contributed by atoms with E-state index in [-0.39, 0.29) is 12.3 Å². The topological polar surface area (TPSA) is 71.2 Å². The number of para-hydroxylation sites is 1. The van der Waals surface area contributed by atoms with E-state index in [1.54, 1.807) is 0 Å². The van der Waals surface area contributed by atoms with Crippen LogP contribution in [0.1, 0.15) is 12.5 Å². The van der Waals surface area contributed by atoms with Gasteiger partial charge < -0.3 is 15.0 Å². The number of carbonyl (C=O) groups is 2. The second-order valence-corrected chi connectivity index (χ2v) is 4.82. The molecule has 1 atom stereocenters. The number of methoxy groups -OCH3 is 1. The molecule has 0 unspecified atom stereocenters. The lowest BCUT2D eigenvalue weighted by Gasteiger charge is -2.15. The summed E-state index contributed by atoms with van der Waals surface area (Å²) in [4.78, 5) is 26.0. The minimum Gasteiger partial charge on any atom is -0.467 e. The number of ether oxygens (including phenoxy) is 1. The fraction of sp³-hybridized carbons (Fsp3) is 0.286. The van der Waals surface area contributed by atoms with Crippen molar-refractivity contribution in [1.29, 1.82) is 0 Å². The SMILES string of the molecule is COC(=O)[C@@H](Cc1c(Cl)[nH]c2ccccc12)NC(C)=O. The highest BCUT2D eigenvalue weighted by atomic mass is 35.5. The molecule has 106 valence electrons. The van der Waals surface area contributed by atoms with E-state index in [9.17, 15) is 9.59 Å². The van der Waals surface area contributed by atoms with Crippen LogP contribution >= 0.6 is 11.6 Å². The van der Waals surface area contributed by atoms with Gasteiger partial charge in [-0.1, -0.05) is 29.8 Å². The van der Waals surface area contributed by atoms with Crippen LogP contribution in [0.25, 0.3) is 10.9 Å². The molecule has 0 aliphatic carbocycles. The molecule has 2 N–H and O–H groups in total. The fourth-order valence-corrected chi connectivity index (χ4v) is 2.43. The van der Waals surface area contributed by atoms with Crippen molar-refractivity contribution in [3.05, 3.63) is 35.0 Å². The molecule has 0 spiro atoms. The summed E-state index contributed by atoms with van der Waals surface area (Å²) in [6.07, 6.45) is 0.273. The smallest absolute Gasteiger partial charge is 0.328 e. The number of fused-ring (bicyclic) bond motifs is 1. The normalized spacial score (nSPS) is 12.2. The van der Waals surface area contributed by atoms with Crippen molar-refractivity contribution in [2.24, 2.45) is 0 Å². The average Bonchev–Trinajstić information content (AvgIpc) is 2.73. The van der Waals surface area contributed by atoms with Crippen LogP contribution in [0.2, 0.25) is 5.15 Å². The zero-order chi connectivity index (χ0) is 14.7. The van der Waals surface area contributed by atoms with Gasteiger partial charge in [0.25, 0.3) is 0 Å². The number of H-pyrrole nitrogens is 1. The van der Waals surface area contributed by atoms with Gasteiger partial charge >= 0.3 is 5.97 Å². The number of aromatic nitrogens is 1. The molecule has 0 aliphatic rings. The van der Waals surface area contributed by atoms with Crippen LogP contribution in [0.4, 0.5) is 0 Å². The molecule has 1 heterocycles. The summed E-state index contributed by atoms with van der Waals surface area (Å²) < 4.78 is 4.71. The van der Waals surface area contributed by atoms with E-state index in [0.717, 1.165) is 16.5 Å². The molecule has 0 fully saturated rings. The van der Waals surface area contributed by atoms with Crippen LogP contribution in [-0.2, 0) is 20.7 Å². The highest BCUT2D eigenvalue weighted by Gasteiger charge is 2.23. The van der Waals surface area contributed by atoms with Crippen molar-refractivity contribution >= 4 is 34.4 Å². The summed E-state index contributed by atoms with van der Waals surface area (Å²) in [5, 5.41) is 3.97. The van der Waals surface area contributed by atoms with Crippen molar-refractivity contribution in [2.45, 2.75) is 19.4 Å². The molecule has 1 amide bonds. The van der Waals surface area contributed by atoms with E-state index in [1.165, 1.54) is 14.0 Å². The molecule has 6 heteroatoms. The Balaban J connectivity index is 2.35. The van der Waals surface area contributed by atoms with E-state index >= 15 is 0 Å². The van der Waals surface area contributed by atoms with Crippen LogP contribution in [0.5, 0.6) is 0 Å². The molecule has 2 aromatic rings. The maximum absolute atomic E-state index is 11.7. The third-order valence-corrected chi connectivity index (χ3v) is 3.36. The molecule has 1 aromatic heterocycles. The molecule has 0 saturated carbocycles. The quantitative estimate of drug-likeness (QED) is 0.848. The number of rotatable bonds is 4. The summed E-state index contributed by atoms with van der Waals surface area (Å²) in [6, 6.07) is 6.84. The predicted octanol–water partition coefficient (Wildman–Crippen LogP) is 2.04. The minimum atomic E-state index is -0.755. The Morgan fingerprint density at radius 1 is 1.40 bits per heavy atom. The van der Waals surface area contributed by atoms with Gasteiger partial charge in [0.05, 0.1) is 7.11 Å². The van der Waals surface area contributed by atoms with Crippen LogP contribution in [0.3, 0.4) is 0 Å². The number of amides is 1. The molecule has 2 rings (SSSR count). The Kier molecular flexibility index (Phi) is 4.29. The van der Waals surface area contributed by atoms with Gasteiger partial charge in [-0.05, 0) is 11.6 Å². The molecule has 20 heavy (non-hydrogen) atoms. The maximum atomic E-state index is 11.7. The number of benzene rings is 1. The van der Waals surface area contributed by atoms with Crippen LogP contribution in [0, 0.1) is 0 Å². The maximum Gasteiger partial charge on any atom is 0.328 e. The van der Waals surface area contributed by atoms with E-state index in [4.69, 9.17) is 16.3 Å². The number of nitrogens with one attached hydrogen (secondary N) is 2. The van der Waals surface area contributed by atoms with Gasteiger partial charge in [0.15, 0.2) is 0 Å². The fourth-order valence-electron chi connectivity index (χ4n) is 2.15. The number of esters is 1. The van der Waals surface area contributed by atoms with Crippen LogP contribution in [-0.4, -0.2) is 30.0 Å². The van der Waals surface area contributed by atoms with Crippen molar-refractivity contribution in [2.75, 3.05) is 7.11 Å². The van der Waals surface area contributed by atoms with E-state index in [0.29, 0.717) is 5.15 Å². The molecular formula is C14H15ClN2O3. The lowest BCUT2D eigenvalue weighted by atomic mass is 10.0. The summed E-state index contributed by atoms with van der Waals surface area (Å²) in [7, 11) is 1.29. The van der Waals surface area contributed by atoms with Gasteiger partial charge in [-0.15, -0.1) is 0 Å². The van der Waals surface area contributed by atoms with Crippen molar-refractivity contribution in [3.63, 3.8) is 0 Å². The van der Waals surface area contributed by atoms with E-state index in [1.807, 2.05) is 24.3 Å². The second kappa shape index (κ2) is 5.96. The van der Waals surface area contributed by atoms with E-state index < -0.39 is 12.0 Å². The zero-order valence-electron chi connectivity index (χ0n) is 11.2. The highest BCUT2D eigenvalue weighted by Crippen LogP contribution is 2.27. The minimum absolute atomic E-state index is 0.273. The molecule has 0 saturated heterocycles. The first-order chi connectivity index (χ1) is 9.52.